The van der Waals surface area contributed by atoms with Crippen LogP contribution < -0.4 is 4.90 Å². The van der Waals surface area contributed by atoms with Gasteiger partial charge in [0.05, 0.1) is 25.2 Å². The predicted octanol–water partition coefficient (Wildman–Crippen LogP) is 5.01. The SMILES string of the molecule is CC(OC(=O)Cc1coc2ccc3ccccc3c12)C(=O)N(CCC#N)c1ccccc1. The van der Waals surface area contributed by atoms with Crippen LogP contribution in [0.3, 0.4) is 0 Å². The van der Waals surface area contributed by atoms with E-state index in [1.807, 2.05) is 54.6 Å². The zero-order valence-corrected chi connectivity index (χ0v) is 17.7. The van der Waals surface area contributed by atoms with Gasteiger partial charge in [-0.15, -0.1) is 0 Å². The summed E-state index contributed by atoms with van der Waals surface area (Å²) in [5.74, 6) is -0.892. The summed E-state index contributed by atoms with van der Waals surface area (Å²) in [5, 5.41) is 11.9. The van der Waals surface area contributed by atoms with E-state index in [4.69, 9.17) is 14.4 Å². The lowest BCUT2D eigenvalue weighted by atomic mass is 10.0. The first-order valence-electron chi connectivity index (χ1n) is 10.4. The third-order valence-corrected chi connectivity index (χ3v) is 5.31. The van der Waals surface area contributed by atoms with Crippen LogP contribution in [0.15, 0.2) is 77.4 Å². The molecule has 1 heterocycles. The summed E-state index contributed by atoms with van der Waals surface area (Å²) in [7, 11) is 0. The normalized spacial score (nSPS) is 11.8. The van der Waals surface area contributed by atoms with E-state index in [2.05, 4.69) is 6.07 Å². The Kier molecular flexibility index (Phi) is 6.18. The molecule has 0 aliphatic carbocycles. The predicted molar refractivity (Wildman–Crippen MR) is 122 cm³/mol. The molecule has 0 fully saturated rings. The monoisotopic (exact) mass is 426 g/mol. The van der Waals surface area contributed by atoms with E-state index in [1.54, 1.807) is 25.3 Å². The average molecular weight is 426 g/mol. The lowest BCUT2D eigenvalue weighted by Crippen LogP contribution is -2.40. The molecule has 1 aromatic heterocycles. The molecule has 6 heteroatoms. The highest BCUT2D eigenvalue weighted by molar-refractivity contribution is 6.08. The fourth-order valence-corrected chi connectivity index (χ4v) is 3.81. The molecule has 1 amide bonds. The van der Waals surface area contributed by atoms with Crippen LogP contribution in [0, 0.1) is 11.3 Å². The van der Waals surface area contributed by atoms with E-state index < -0.39 is 12.1 Å². The van der Waals surface area contributed by atoms with Crippen LogP contribution in [0.25, 0.3) is 21.7 Å². The molecule has 1 unspecified atom stereocenters. The summed E-state index contributed by atoms with van der Waals surface area (Å²) < 4.78 is 11.1. The number of carbonyl (C=O) groups excluding carboxylic acids is 2. The van der Waals surface area contributed by atoms with Crippen molar-refractivity contribution in [2.24, 2.45) is 0 Å². The molecular weight excluding hydrogens is 404 g/mol. The van der Waals surface area contributed by atoms with Gasteiger partial charge in [-0.25, -0.2) is 0 Å². The first-order chi connectivity index (χ1) is 15.6. The second-order valence-corrected chi connectivity index (χ2v) is 7.46. The Bertz CT molecular complexity index is 1300. The van der Waals surface area contributed by atoms with Crippen molar-refractivity contribution >= 4 is 39.3 Å². The van der Waals surface area contributed by atoms with E-state index in [0.717, 1.165) is 16.2 Å². The molecule has 6 nitrogen and oxygen atoms in total. The Hall–Kier alpha value is -4.11. The van der Waals surface area contributed by atoms with Gasteiger partial charge in [0, 0.05) is 23.2 Å². The molecule has 32 heavy (non-hydrogen) atoms. The van der Waals surface area contributed by atoms with Crippen LogP contribution in [-0.4, -0.2) is 24.5 Å². The number of nitriles is 1. The van der Waals surface area contributed by atoms with E-state index in [0.29, 0.717) is 16.8 Å². The van der Waals surface area contributed by atoms with E-state index >= 15 is 0 Å². The summed E-state index contributed by atoms with van der Waals surface area (Å²) in [6, 6.07) is 22.8. The summed E-state index contributed by atoms with van der Waals surface area (Å²) in [6.07, 6.45) is 0.738. The number of rotatable bonds is 7. The zero-order chi connectivity index (χ0) is 22.5. The molecule has 160 valence electrons. The van der Waals surface area contributed by atoms with Crippen molar-refractivity contribution in [3.05, 3.63) is 78.6 Å². The third kappa shape index (κ3) is 4.33. The molecular formula is C26H22N2O4. The number of para-hydroxylation sites is 1. The molecule has 0 aliphatic rings. The number of hydrogen-bond acceptors (Lipinski definition) is 5. The topological polar surface area (TPSA) is 83.5 Å². The molecule has 0 saturated heterocycles. The zero-order valence-electron chi connectivity index (χ0n) is 17.7. The number of anilines is 1. The minimum absolute atomic E-state index is 0.0117. The maximum Gasteiger partial charge on any atom is 0.311 e. The first kappa shape index (κ1) is 21.1. The maximum absolute atomic E-state index is 13.0. The Morgan fingerprint density at radius 1 is 1.06 bits per heavy atom. The second kappa shape index (κ2) is 9.36. The largest absolute Gasteiger partial charge is 0.464 e. The van der Waals surface area contributed by atoms with Gasteiger partial charge in [-0.05, 0) is 35.9 Å². The molecule has 0 saturated carbocycles. The van der Waals surface area contributed by atoms with Crippen molar-refractivity contribution in [1.82, 2.24) is 0 Å². The Morgan fingerprint density at radius 2 is 1.81 bits per heavy atom. The van der Waals surface area contributed by atoms with Crippen molar-refractivity contribution in [3.8, 4) is 6.07 Å². The van der Waals surface area contributed by atoms with Crippen LogP contribution in [-0.2, 0) is 20.7 Å². The van der Waals surface area contributed by atoms with Crippen LogP contribution in [0.2, 0.25) is 0 Å². The van der Waals surface area contributed by atoms with E-state index in [9.17, 15) is 9.59 Å². The number of fused-ring (bicyclic) bond motifs is 3. The van der Waals surface area contributed by atoms with Crippen molar-refractivity contribution in [3.63, 3.8) is 0 Å². The van der Waals surface area contributed by atoms with Crippen LogP contribution >= 0.6 is 0 Å². The van der Waals surface area contributed by atoms with Gasteiger partial charge in [0.15, 0.2) is 6.10 Å². The standard InChI is InChI=1S/C26H22N2O4/c1-18(26(30)28(15-7-14-27)21-9-3-2-4-10-21)32-24(29)16-20-17-31-23-13-12-19-8-5-6-11-22(19)25(20)23/h2-6,8-13,17-18H,7,15-16H2,1H3. The van der Waals surface area contributed by atoms with Gasteiger partial charge in [0.2, 0.25) is 0 Å². The van der Waals surface area contributed by atoms with Gasteiger partial charge in [0.25, 0.3) is 5.91 Å². The van der Waals surface area contributed by atoms with Crippen LogP contribution in [0.1, 0.15) is 18.9 Å². The van der Waals surface area contributed by atoms with Crippen molar-refractivity contribution in [1.29, 1.82) is 5.26 Å². The highest BCUT2D eigenvalue weighted by Gasteiger charge is 2.25. The Morgan fingerprint density at radius 3 is 2.59 bits per heavy atom. The third-order valence-electron chi connectivity index (χ3n) is 5.31. The second-order valence-electron chi connectivity index (χ2n) is 7.46. The smallest absolute Gasteiger partial charge is 0.311 e. The number of carbonyl (C=O) groups is 2. The van der Waals surface area contributed by atoms with E-state index in [1.165, 1.54) is 4.90 Å². The fraction of sp³-hybridized carbons (Fsp3) is 0.192. The molecule has 4 rings (SSSR count). The lowest BCUT2D eigenvalue weighted by molar-refractivity contribution is -0.153. The van der Waals surface area contributed by atoms with Crippen LogP contribution in [0.5, 0.6) is 0 Å². The van der Waals surface area contributed by atoms with Gasteiger partial charge in [-0.1, -0.05) is 48.5 Å². The summed E-state index contributed by atoms with van der Waals surface area (Å²) >= 11 is 0. The van der Waals surface area contributed by atoms with Crippen molar-refractivity contribution in [2.45, 2.75) is 25.9 Å². The lowest BCUT2D eigenvalue weighted by Gasteiger charge is -2.25. The number of benzene rings is 3. The van der Waals surface area contributed by atoms with Gasteiger partial charge in [0.1, 0.15) is 5.58 Å². The molecule has 0 aliphatic heterocycles. The molecule has 3 aromatic carbocycles. The van der Waals surface area contributed by atoms with Crippen LogP contribution in [0.4, 0.5) is 5.69 Å². The molecule has 0 spiro atoms. The summed E-state index contributed by atoms with van der Waals surface area (Å²) in [4.78, 5) is 27.2. The van der Waals surface area contributed by atoms with Gasteiger partial charge < -0.3 is 14.1 Å². The molecule has 0 bridgehead atoms. The molecule has 0 N–H and O–H groups in total. The summed E-state index contributed by atoms with van der Waals surface area (Å²) in [6.45, 7) is 1.77. The maximum atomic E-state index is 13.0. The van der Waals surface area contributed by atoms with Crippen molar-refractivity contribution < 1.29 is 18.7 Å². The minimum Gasteiger partial charge on any atom is -0.464 e. The average Bonchev–Trinajstić information content (AvgIpc) is 3.23. The minimum atomic E-state index is -0.990. The van der Waals surface area contributed by atoms with Gasteiger partial charge >= 0.3 is 5.97 Å². The number of amides is 1. The number of esters is 1. The molecule has 1 atom stereocenters. The van der Waals surface area contributed by atoms with Gasteiger partial charge in [-0.3, -0.25) is 9.59 Å². The molecule has 4 aromatic rings. The number of nitrogens with zero attached hydrogens (tertiary/aromatic N) is 2. The Balaban J connectivity index is 1.51. The molecule has 0 radical (unpaired) electrons. The number of ether oxygens (including phenoxy) is 1. The first-order valence-corrected chi connectivity index (χ1v) is 10.4. The number of furan rings is 1. The highest BCUT2D eigenvalue weighted by atomic mass is 16.5. The van der Waals surface area contributed by atoms with Crippen molar-refractivity contribution in [2.75, 3.05) is 11.4 Å². The Labute approximate surface area is 185 Å². The van der Waals surface area contributed by atoms with E-state index in [-0.39, 0.29) is 25.3 Å². The number of hydrogen-bond donors (Lipinski definition) is 0. The summed E-state index contributed by atoms with van der Waals surface area (Å²) in [5.41, 5.74) is 2.07. The quantitative estimate of drug-likeness (QED) is 0.388. The van der Waals surface area contributed by atoms with Gasteiger partial charge in [-0.2, -0.15) is 5.26 Å². The highest BCUT2D eigenvalue weighted by Crippen LogP contribution is 2.30. The fourth-order valence-electron chi connectivity index (χ4n) is 3.81.